The van der Waals surface area contributed by atoms with Gasteiger partial charge in [-0.2, -0.15) is 5.26 Å². The monoisotopic (exact) mass is 264 g/mol. The van der Waals surface area contributed by atoms with Gasteiger partial charge in [-0.05, 0) is 40.5 Å². The minimum atomic E-state index is -0.733. The van der Waals surface area contributed by atoms with Crippen LogP contribution in [0.5, 0.6) is 0 Å². The average molecular weight is 264 g/mol. The molecule has 0 aromatic rings. The molecule has 104 valence electrons. The molecule has 1 saturated carbocycles. The fraction of sp³-hybridized carbons (Fsp3) is 0.786. The van der Waals surface area contributed by atoms with Gasteiger partial charge in [-0.1, -0.05) is 0 Å². The first-order valence-electron chi connectivity index (χ1n) is 6.64. The number of ether oxygens (including phenoxy) is 1. The topological polar surface area (TPSA) is 70.4 Å². The fourth-order valence-corrected chi connectivity index (χ4v) is 2.55. The van der Waals surface area contributed by atoms with Gasteiger partial charge in [0.05, 0.1) is 12.1 Å². The SMILES string of the molecule is C[C@H]1C(C#N)C(=O)C2(CC2)CN1C(=O)OC(C)(C)C. The normalized spacial score (nSPS) is 29.0. The predicted octanol–water partition coefficient (Wildman–Crippen LogP) is 2.11. The first-order chi connectivity index (χ1) is 8.70. The number of piperidine rings is 1. The molecule has 1 aliphatic heterocycles. The number of hydrogen-bond acceptors (Lipinski definition) is 4. The van der Waals surface area contributed by atoms with Gasteiger partial charge in [-0.25, -0.2) is 4.79 Å². The van der Waals surface area contributed by atoms with Crippen LogP contribution in [-0.2, 0) is 9.53 Å². The quantitative estimate of drug-likeness (QED) is 0.672. The highest BCUT2D eigenvalue weighted by Crippen LogP contribution is 2.52. The number of ketones is 1. The number of carbonyl (C=O) groups is 2. The lowest BCUT2D eigenvalue weighted by atomic mass is 9.81. The van der Waals surface area contributed by atoms with Gasteiger partial charge in [0.2, 0.25) is 0 Å². The van der Waals surface area contributed by atoms with Crippen LogP contribution in [0.15, 0.2) is 0 Å². The second kappa shape index (κ2) is 4.22. The lowest BCUT2D eigenvalue weighted by molar-refractivity contribution is -0.133. The lowest BCUT2D eigenvalue weighted by Crippen LogP contribution is -2.56. The number of nitrogens with zero attached hydrogens (tertiary/aromatic N) is 2. The summed E-state index contributed by atoms with van der Waals surface area (Å²) < 4.78 is 5.36. The molecular formula is C14H20N2O3. The molecule has 19 heavy (non-hydrogen) atoms. The Morgan fingerprint density at radius 3 is 2.47 bits per heavy atom. The minimum absolute atomic E-state index is 0.00214. The van der Waals surface area contributed by atoms with Crippen molar-refractivity contribution in [3.05, 3.63) is 0 Å². The van der Waals surface area contributed by atoms with Gasteiger partial charge in [0.15, 0.2) is 5.78 Å². The molecule has 0 aromatic heterocycles. The van der Waals surface area contributed by atoms with Crippen molar-refractivity contribution < 1.29 is 14.3 Å². The van der Waals surface area contributed by atoms with Gasteiger partial charge in [0.1, 0.15) is 11.5 Å². The van der Waals surface area contributed by atoms with E-state index < -0.39 is 29.1 Å². The van der Waals surface area contributed by atoms with Gasteiger partial charge in [-0.15, -0.1) is 0 Å². The third kappa shape index (κ3) is 2.44. The standard InChI is InChI=1S/C14H20N2O3/c1-9-10(7-15)11(17)14(5-6-14)8-16(9)12(18)19-13(2,3)4/h9-10H,5-6,8H2,1-4H3/t9-,10?/m0/s1. The predicted molar refractivity (Wildman–Crippen MR) is 68.2 cm³/mol. The number of hydrogen-bond donors (Lipinski definition) is 0. The van der Waals surface area contributed by atoms with Crippen molar-refractivity contribution in [2.75, 3.05) is 6.54 Å². The molecular weight excluding hydrogens is 244 g/mol. The molecule has 1 saturated heterocycles. The highest BCUT2D eigenvalue weighted by atomic mass is 16.6. The van der Waals surface area contributed by atoms with E-state index in [1.165, 1.54) is 0 Å². The maximum Gasteiger partial charge on any atom is 0.410 e. The maximum absolute atomic E-state index is 12.2. The van der Waals surface area contributed by atoms with Crippen LogP contribution in [0.25, 0.3) is 0 Å². The Hall–Kier alpha value is -1.57. The van der Waals surface area contributed by atoms with E-state index in [0.29, 0.717) is 6.54 Å². The summed E-state index contributed by atoms with van der Waals surface area (Å²) in [5.74, 6) is -0.730. The number of carbonyl (C=O) groups excluding carboxylic acids is 2. The van der Waals surface area contributed by atoms with Crippen molar-refractivity contribution in [3.63, 3.8) is 0 Å². The number of nitriles is 1. The van der Waals surface area contributed by atoms with Crippen LogP contribution in [0.1, 0.15) is 40.5 Å². The van der Waals surface area contributed by atoms with E-state index in [4.69, 9.17) is 4.74 Å². The largest absolute Gasteiger partial charge is 0.444 e. The van der Waals surface area contributed by atoms with Crippen molar-refractivity contribution in [1.29, 1.82) is 5.26 Å². The highest BCUT2D eigenvalue weighted by Gasteiger charge is 2.59. The molecule has 1 unspecified atom stereocenters. The first kappa shape index (κ1) is 13.9. The van der Waals surface area contributed by atoms with Crippen molar-refractivity contribution in [2.45, 2.75) is 52.2 Å². The van der Waals surface area contributed by atoms with E-state index >= 15 is 0 Å². The van der Waals surface area contributed by atoms with Gasteiger partial charge in [0, 0.05) is 12.0 Å². The van der Waals surface area contributed by atoms with Crippen LogP contribution in [0.3, 0.4) is 0 Å². The molecule has 0 aromatic carbocycles. The number of rotatable bonds is 0. The van der Waals surface area contributed by atoms with Gasteiger partial charge in [0.25, 0.3) is 0 Å². The summed E-state index contributed by atoms with van der Waals surface area (Å²) in [6.07, 6.45) is 1.12. The zero-order valence-electron chi connectivity index (χ0n) is 11.9. The van der Waals surface area contributed by atoms with E-state index in [1.54, 1.807) is 32.6 Å². The minimum Gasteiger partial charge on any atom is -0.444 e. The average Bonchev–Trinajstić information content (AvgIpc) is 3.03. The van der Waals surface area contributed by atoms with Crippen molar-refractivity contribution in [2.24, 2.45) is 11.3 Å². The number of amides is 1. The van der Waals surface area contributed by atoms with Crippen LogP contribution < -0.4 is 0 Å². The molecule has 1 spiro atoms. The maximum atomic E-state index is 12.2. The lowest BCUT2D eigenvalue weighted by Gasteiger charge is -2.40. The molecule has 1 aliphatic carbocycles. The first-order valence-corrected chi connectivity index (χ1v) is 6.64. The Kier molecular flexibility index (Phi) is 3.08. The van der Waals surface area contributed by atoms with Crippen LogP contribution >= 0.6 is 0 Å². The second-order valence-corrected chi connectivity index (χ2v) is 6.60. The second-order valence-electron chi connectivity index (χ2n) is 6.60. The van der Waals surface area contributed by atoms with Crippen LogP contribution in [0, 0.1) is 22.7 Å². The van der Waals surface area contributed by atoms with E-state index in [2.05, 4.69) is 0 Å². The van der Waals surface area contributed by atoms with Gasteiger partial charge in [-0.3, -0.25) is 4.79 Å². The number of likely N-dealkylation sites (tertiary alicyclic amines) is 1. The molecule has 1 amide bonds. The van der Waals surface area contributed by atoms with Crippen molar-refractivity contribution in [3.8, 4) is 6.07 Å². The third-order valence-corrected chi connectivity index (χ3v) is 3.87. The molecule has 0 bridgehead atoms. The molecule has 0 N–H and O–H groups in total. The Morgan fingerprint density at radius 1 is 1.47 bits per heavy atom. The number of Topliss-reactive ketones (excluding diaryl/α,β-unsaturated/α-hetero) is 1. The zero-order chi connectivity index (χ0) is 14.4. The molecule has 1 heterocycles. The van der Waals surface area contributed by atoms with E-state index in [9.17, 15) is 14.9 Å². The van der Waals surface area contributed by atoms with Crippen LogP contribution in [0.4, 0.5) is 4.79 Å². The van der Waals surface area contributed by atoms with Gasteiger partial charge >= 0.3 is 6.09 Å². The Balaban J connectivity index is 2.19. The molecule has 2 aliphatic rings. The van der Waals surface area contributed by atoms with E-state index in [-0.39, 0.29) is 5.78 Å². The molecule has 2 atom stereocenters. The Labute approximate surface area is 113 Å². The molecule has 0 radical (unpaired) electrons. The Morgan fingerprint density at radius 2 is 2.05 bits per heavy atom. The summed E-state index contributed by atoms with van der Waals surface area (Å²) in [5.41, 5.74) is -1.04. The van der Waals surface area contributed by atoms with Crippen LogP contribution in [0.2, 0.25) is 0 Å². The highest BCUT2D eigenvalue weighted by molar-refractivity contribution is 5.94. The molecule has 2 rings (SSSR count). The van der Waals surface area contributed by atoms with Crippen molar-refractivity contribution in [1.82, 2.24) is 4.90 Å². The zero-order valence-corrected chi connectivity index (χ0v) is 11.9. The summed E-state index contributed by atoms with van der Waals surface area (Å²) in [7, 11) is 0. The summed E-state index contributed by atoms with van der Waals surface area (Å²) in [5, 5.41) is 9.17. The summed E-state index contributed by atoms with van der Waals surface area (Å²) in [6, 6.07) is 1.63. The molecule has 5 nitrogen and oxygen atoms in total. The van der Waals surface area contributed by atoms with Crippen LogP contribution in [-0.4, -0.2) is 35.0 Å². The molecule has 5 heteroatoms. The summed E-state index contributed by atoms with van der Waals surface area (Å²) in [4.78, 5) is 25.9. The van der Waals surface area contributed by atoms with Crippen molar-refractivity contribution >= 4 is 11.9 Å². The fourth-order valence-electron chi connectivity index (χ4n) is 2.55. The van der Waals surface area contributed by atoms with Gasteiger partial charge < -0.3 is 9.64 Å². The Bertz CT molecular complexity index is 454. The molecule has 2 fully saturated rings. The summed E-state index contributed by atoms with van der Waals surface area (Å²) in [6.45, 7) is 7.54. The smallest absolute Gasteiger partial charge is 0.410 e. The van der Waals surface area contributed by atoms with E-state index in [1.807, 2.05) is 6.07 Å². The third-order valence-electron chi connectivity index (χ3n) is 3.87. The summed E-state index contributed by atoms with van der Waals surface area (Å²) >= 11 is 0. The van der Waals surface area contributed by atoms with E-state index in [0.717, 1.165) is 12.8 Å².